The van der Waals surface area contributed by atoms with Crippen LogP contribution in [0.2, 0.25) is 0 Å². The number of hydrogen-bond donors (Lipinski definition) is 2. The third kappa shape index (κ3) is 6.19. The SMILES string of the molecule is O=C(CSc1nnc(NC(=O)CCc2ccccc2)s1)NCc1ccc2c(c1)OCO2. The number of anilines is 1. The standard InChI is InChI=1S/C21H20N4O4S2/c26-18(9-7-14-4-2-1-3-5-14)23-20-24-25-21(31-20)30-12-19(27)22-11-15-6-8-16-17(10-15)29-13-28-16/h1-6,8,10H,7,9,11-13H2,(H,22,27)(H,23,24,26). The summed E-state index contributed by atoms with van der Waals surface area (Å²) in [7, 11) is 0. The molecule has 0 unspecified atom stereocenters. The highest BCUT2D eigenvalue weighted by molar-refractivity contribution is 8.01. The smallest absolute Gasteiger partial charge is 0.231 e. The third-order valence-electron chi connectivity index (χ3n) is 4.39. The second-order valence-corrected chi connectivity index (χ2v) is 8.86. The van der Waals surface area contributed by atoms with Crippen LogP contribution in [0.3, 0.4) is 0 Å². The Morgan fingerprint density at radius 2 is 1.84 bits per heavy atom. The number of amides is 2. The molecule has 0 spiro atoms. The van der Waals surface area contributed by atoms with Crippen molar-refractivity contribution in [3.8, 4) is 11.5 Å². The Labute approximate surface area is 187 Å². The lowest BCUT2D eigenvalue weighted by Gasteiger charge is -2.05. The molecule has 160 valence electrons. The van der Waals surface area contributed by atoms with Gasteiger partial charge in [0, 0.05) is 13.0 Å². The van der Waals surface area contributed by atoms with E-state index in [0.29, 0.717) is 40.4 Å². The van der Waals surface area contributed by atoms with Gasteiger partial charge in [-0.25, -0.2) is 0 Å². The van der Waals surface area contributed by atoms with E-state index in [-0.39, 0.29) is 24.4 Å². The molecule has 0 fully saturated rings. The summed E-state index contributed by atoms with van der Waals surface area (Å²) in [5.41, 5.74) is 2.04. The van der Waals surface area contributed by atoms with Gasteiger partial charge in [0.1, 0.15) is 0 Å². The molecule has 31 heavy (non-hydrogen) atoms. The van der Waals surface area contributed by atoms with Crippen LogP contribution >= 0.6 is 23.1 Å². The first-order valence-electron chi connectivity index (χ1n) is 9.61. The van der Waals surface area contributed by atoms with Crippen LogP contribution in [0.1, 0.15) is 17.5 Å². The second kappa shape index (κ2) is 10.3. The lowest BCUT2D eigenvalue weighted by Crippen LogP contribution is -2.24. The van der Waals surface area contributed by atoms with E-state index in [1.54, 1.807) is 0 Å². The van der Waals surface area contributed by atoms with Gasteiger partial charge in [0.25, 0.3) is 0 Å². The molecule has 0 saturated carbocycles. The number of thioether (sulfide) groups is 1. The highest BCUT2D eigenvalue weighted by Gasteiger charge is 2.14. The average Bonchev–Trinajstić information content (AvgIpc) is 3.44. The van der Waals surface area contributed by atoms with E-state index < -0.39 is 0 Å². The van der Waals surface area contributed by atoms with Crippen LogP contribution in [0.25, 0.3) is 0 Å². The maximum absolute atomic E-state index is 12.1. The summed E-state index contributed by atoms with van der Waals surface area (Å²) < 4.78 is 11.2. The molecule has 2 heterocycles. The molecule has 1 aliphatic rings. The number of rotatable bonds is 9. The fourth-order valence-corrected chi connectivity index (χ4v) is 4.43. The number of fused-ring (bicyclic) bond motifs is 1. The summed E-state index contributed by atoms with van der Waals surface area (Å²) >= 11 is 2.53. The molecule has 2 N–H and O–H groups in total. The van der Waals surface area contributed by atoms with Gasteiger partial charge in [0.2, 0.25) is 23.7 Å². The van der Waals surface area contributed by atoms with E-state index in [9.17, 15) is 9.59 Å². The predicted octanol–water partition coefficient (Wildman–Crippen LogP) is 3.25. The first kappa shape index (κ1) is 21.1. The maximum atomic E-state index is 12.1. The van der Waals surface area contributed by atoms with E-state index in [0.717, 1.165) is 11.1 Å². The van der Waals surface area contributed by atoms with Gasteiger partial charge in [-0.1, -0.05) is 59.5 Å². The molecule has 2 amide bonds. The van der Waals surface area contributed by atoms with Crippen molar-refractivity contribution >= 4 is 40.0 Å². The summed E-state index contributed by atoms with van der Waals surface area (Å²) in [6.07, 6.45) is 1.03. The largest absolute Gasteiger partial charge is 0.454 e. The van der Waals surface area contributed by atoms with Crippen LogP contribution in [-0.2, 0) is 22.6 Å². The number of nitrogens with one attached hydrogen (secondary N) is 2. The number of benzene rings is 2. The Morgan fingerprint density at radius 3 is 2.71 bits per heavy atom. The van der Waals surface area contributed by atoms with Crippen molar-refractivity contribution in [1.29, 1.82) is 0 Å². The first-order chi connectivity index (χ1) is 15.2. The minimum absolute atomic E-state index is 0.113. The highest BCUT2D eigenvalue weighted by atomic mass is 32.2. The number of ether oxygens (including phenoxy) is 2. The van der Waals surface area contributed by atoms with E-state index in [1.807, 2.05) is 48.5 Å². The molecule has 2 aromatic carbocycles. The lowest BCUT2D eigenvalue weighted by molar-refractivity contribution is -0.118. The molecule has 10 heteroatoms. The zero-order valence-corrected chi connectivity index (χ0v) is 18.1. The summed E-state index contributed by atoms with van der Waals surface area (Å²) in [6.45, 7) is 0.619. The van der Waals surface area contributed by atoms with Crippen LogP contribution in [0.5, 0.6) is 11.5 Å². The minimum Gasteiger partial charge on any atom is -0.454 e. The van der Waals surface area contributed by atoms with Gasteiger partial charge in [-0.3, -0.25) is 9.59 Å². The van der Waals surface area contributed by atoms with Crippen LogP contribution < -0.4 is 20.1 Å². The van der Waals surface area contributed by atoms with Gasteiger partial charge < -0.3 is 20.1 Å². The van der Waals surface area contributed by atoms with Gasteiger partial charge in [0.05, 0.1) is 5.75 Å². The Morgan fingerprint density at radius 1 is 1.00 bits per heavy atom. The summed E-state index contributed by atoms with van der Waals surface area (Å²) in [6, 6.07) is 15.4. The summed E-state index contributed by atoms with van der Waals surface area (Å²) in [5, 5.41) is 14.0. The fourth-order valence-electron chi connectivity index (χ4n) is 2.83. The molecular weight excluding hydrogens is 436 g/mol. The van der Waals surface area contributed by atoms with E-state index in [4.69, 9.17) is 9.47 Å². The Bertz CT molecular complexity index is 1060. The van der Waals surface area contributed by atoms with Crippen molar-refractivity contribution in [3.05, 3.63) is 59.7 Å². The normalized spacial score (nSPS) is 11.9. The molecule has 8 nitrogen and oxygen atoms in total. The number of aryl methyl sites for hydroxylation is 1. The molecule has 0 saturated heterocycles. The first-order valence-corrected chi connectivity index (χ1v) is 11.4. The van der Waals surface area contributed by atoms with Gasteiger partial charge in [0.15, 0.2) is 15.8 Å². The monoisotopic (exact) mass is 456 g/mol. The minimum atomic E-state index is -0.119. The van der Waals surface area contributed by atoms with Crippen LogP contribution in [0.4, 0.5) is 5.13 Å². The second-order valence-electron chi connectivity index (χ2n) is 6.66. The van der Waals surface area contributed by atoms with Crippen molar-refractivity contribution in [3.63, 3.8) is 0 Å². The van der Waals surface area contributed by atoms with Crippen molar-refractivity contribution in [2.24, 2.45) is 0 Å². The Kier molecular flexibility index (Phi) is 7.00. The van der Waals surface area contributed by atoms with Gasteiger partial charge in [-0.2, -0.15) is 0 Å². The number of nitrogens with zero attached hydrogens (tertiary/aromatic N) is 2. The zero-order valence-electron chi connectivity index (χ0n) is 16.5. The van der Waals surface area contributed by atoms with Crippen molar-refractivity contribution < 1.29 is 19.1 Å². The number of carbonyl (C=O) groups excluding carboxylic acids is 2. The molecule has 0 bridgehead atoms. The number of carbonyl (C=O) groups is 2. The van der Waals surface area contributed by atoms with Crippen molar-refractivity contribution in [2.75, 3.05) is 17.9 Å². The Balaban J connectivity index is 1.17. The van der Waals surface area contributed by atoms with E-state index in [1.165, 1.54) is 23.1 Å². The number of aromatic nitrogens is 2. The summed E-state index contributed by atoms with van der Waals surface area (Å²) in [5.74, 6) is 1.38. The van der Waals surface area contributed by atoms with Crippen LogP contribution in [0.15, 0.2) is 52.9 Å². The molecular formula is C21H20N4O4S2. The fraction of sp³-hybridized carbons (Fsp3) is 0.238. The molecule has 0 radical (unpaired) electrons. The zero-order chi connectivity index (χ0) is 21.5. The topological polar surface area (TPSA) is 102 Å². The van der Waals surface area contributed by atoms with Crippen LogP contribution in [0, 0.1) is 0 Å². The highest BCUT2D eigenvalue weighted by Crippen LogP contribution is 2.32. The maximum Gasteiger partial charge on any atom is 0.231 e. The predicted molar refractivity (Wildman–Crippen MR) is 118 cm³/mol. The molecule has 3 aromatic rings. The van der Waals surface area contributed by atoms with E-state index >= 15 is 0 Å². The third-order valence-corrected chi connectivity index (χ3v) is 6.36. The number of hydrogen-bond acceptors (Lipinski definition) is 8. The van der Waals surface area contributed by atoms with Gasteiger partial charge >= 0.3 is 0 Å². The molecule has 4 rings (SSSR count). The van der Waals surface area contributed by atoms with Gasteiger partial charge in [-0.15, -0.1) is 10.2 Å². The Hall–Kier alpha value is -3.11. The molecule has 0 atom stereocenters. The summed E-state index contributed by atoms with van der Waals surface area (Å²) in [4.78, 5) is 24.2. The van der Waals surface area contributed by atoms with Crippen molar-refractivity contribution in [1.82, 2.24) is 15.5 Å². The molecule has 1 aliphatic heterocycles. The quantitative estimate of drug-likeness (QED) is 0.376. The van der Waals surface area contributed by atoms with Crippen molar-refractivity contribution in [2.45, 2.75) is 23.7 Å². The molecule has 0 aliphatic carbocycles. The van der Waals surface area contributed by atoms with Gasteiger partial charge in [-0.05, 0) is 29.7 Å². The van der Waals surface area contributed by atoms with E-state index in [2.05, 4.69) is 20.8 Å². The molecule has 1 aromatic heterocycles. The average molecular weight is 457 g/mol. The lowest BCUT2D eigenvalue weighted by atomic mass is 10.1. The van der Waals surface area contributed by atoms with Crippen LogP contribution in [-0.4, -0.2) is 34.6 Å².